The van der Waals surface area contributed by atoms with Crippen LogP contribution in [0.1, 0.15) is 48.5 Å². The van der Waals surface area contributed by atoms with E-state index in [1.807, 2.05) is 30.3 Å². The second-order valence-electron chi connectivity index (χ2n) is 8.91. The number of aryl methyl sites for hydroxylation is 1. The van der Waals surface area contributed by atoms with E-state index in [2.05, 4.69) is 4.98 Å². The van der Waals surface area contributed by atoms with Crippen molar-refractivity contribution in [1.29, 1.82) is 0 Å². The van der Waals surface area contributed by atoms with Gasteiger partial charge in [0.25, 0.3) is 0 Å². The van der Waals surface area contributed by atoms with Crippen LogP contribution in [0.25, 0.3) is 0 Å². The van der Waals surface area contributed by atoms with E-state index < -0.39 is 18.7 Å². The van der Waals surface area contributed by atoms with Gasteiger partial charge in [-0.3, -0.25) is 9.78 Å². The van der Waals surface area contributed by atoms with Crippen molar-refractivity contribution >= 4 is 29.2 Å². The molecule has 0 spiro atoms. The Kier molecular flexibility index (Phi) is 9.58. The third-order valence-corrected chi connectivity index (χ3v) is 6.69. The number of hydrogen-bond acceptors (Lipinski definition) is 5. The minimum atomic E-state index is -3.10. The van der Waals surface area contributed by atoms with Gasteiger partial charge in [-0.2, -0.15) is 8.78 Å². The molecular formula is C28H27Cl2F2NO4. The van der Waals surface area contributed by atoms with Crippen LogP contribution in [0.5, 0.6) is 11.5 Å². The van der Waals surface area contributed by atoms with Gasteiger partial charge in [0.1, 0.15) is 6.10 Å². The summed E-state index contributed by atoms with van der Waals surface area (Å²) in [7, 11) is 0. The zero-order chi connectivity index (χ0) is 26.2. The van der Waals surface area contributed by atoms with E-state index in [9.17, 15) is 13.6 Å². The summed E-state index contributed by atoms with van der Waals surface area (Å²) < 4.78 is 43.5. The number of ether oxygens (including phenoxy) is 3. The van der Waals surface area contributed by atoms with Crippen molar-refractivity contribution < 1.29 is 27.8 Å². The van der Waals surface area contributed by atoms with Crippen LogP contribution in [0.2, 0.25) is 10.0 Å². The van der Waals surface area contributed by atoms with Crippen LogP contribution >= 0.6 is 23.2 Å². The maximum absolute atomic E-state index is 13.5. The summed E-state index contributed by atoms with van der Waals surface area (Å²) in [6.07, 6.45) is 5.37. The maximum atomic E-state index is 13.5. The summed E-state index contributed by atoms with van der Waals surface area (Å²) in [5.74, 6) is -0.0754. The molecule has 1 heterocycles. The average Bonchev–Trinajstić information content (AvgIpc) is 3.70. The van der Waals surface area contributed by atoms with Crippen LogP contribution in [-0.4, -0.2) is 24.2 Å². The molecule has 3 aromatic rings. The molecule has 5 nitrogen and oxygen atoms in total. The minimum absolute atomic E-state index is 0.0380. The third-order valence-electron chi connectivity index (χ3n) is 6.04. The summed E-state index contributed by atoms with van der Waals surface area (Å²) in [4.78, 5) is 16.9. The zero-order valence-corrected chi connectivity index (χ0v) is 21.6. The van der Waals surface area contributed by atoms with Crippen LogP contribution < -0.4 is 9.47 Å². The van der Waals surface area contributed by atoms with Gasteiger partial charge in [-0.25, -0.2) is 0 Å². The second-order valence-corrected chi connectivity index (χ2v) is 9.73. The first-order chi connectivity index (χ1) is 17.9. The van der Waals surface area contributed by atoms with Gasteiger partial charge in [-0.05, 0) is 48.8 Å². The van der Waals surface area contributed by atoms with Crippen LogP contribution in [0.4, 0.5) is 8.78 Å². The van der Waals surface area contributed by atoms with E-state index >= 15 is 0 Å². The molecule has 0 aliphatic heterocycles. The first-order valence-electron chi connectivity index (χ1n) is 12.1. The molecule has 2 aromatic carbocycles. The lowest BCUT2D eigenvalue weighted by molar-refractivity contribution is -0.149. The van der Waals surface area contributed by atoms with Crippen molar-refractivity contribution in [3.63, 3.8) is 0 Å². The molecule has 1 atom stereocenters. The fraction of sp³-hybridized carbons (Fsp3) is 0.357. The highest BCUT2D eigenvalue weighted by Gasteiger charge is 2.28. The number of carbonyl (C=O) groups excluding carboxylic acids is 1. The number of nitrogens with zero attached hydrogens (tertiary/aromatic N) is 1. The van der Waals surface area contributed by atoms with E-state index in [-0.39, 0.29) is 39.9 Å². The van der Waals surface area contributed by atoms with Crippen LogP contribution in [0.3, 0.4) is 0 Å². The Bertz CT molecular complexity index is 1170. The largest absolute Gasteiger partial charge is 0.489 e. The molecule has 1 fully saturated rings. The maximum Gasteiger partial charge on any atom is 0.387 e. The molecule has 0 amide bonds. The first kappa shape index (κ1) is 27.1. The first-order valence-corrected chi connectivity index (χ1v) is 12.9. The zero-order valence-electron chi connectivity index (χ0n) is 20.0. The number of benzene rings is 2. The number of rotatable bonds is 13. The standard InChI is InChI=1S/C28H27Cl2F2NO4/c29-22-15-33-16-23(30)21(22)14-25(36-26(34)11-4-8-18-6-2-1-3-7-18)20-9-5-10-24(27(20)37-28(31)32)35-17-19-12-13-19/h1-3,5-7,9-10,15-16,19,25,28H,4,8,11-14,17H2. The molecular weight excluding hydrogens is 523 g/mol. The highest BCUT2D eigenvalue weighted by Crippen LogP contribution is 2.41. The SMILES string of the molecule is O=C(CCCc1ccccc1)OC(Cc1c(Cl)cncc1Cl)c1cccc(OCC2CC2)c1OC(F)F. The Morgan fingerprint density at radius 3 is 2.43 bits per heavy atom. The normalized spacial score (nSPS) is 13.9. The molecule has 4 rings (SSSR count). The van der Waals surface area contributed by atoms with Crippen molar-refractivity contribution in [1.82, 2.24) is 4.98 Å². The Morgan fingerprint density at radius 2 is 1.76 bits per heavy atom. The predicted octanol–water partition coefficient (Wildman–Crippen LogP) is 7.63. The van der Waals surface area contributed by atoms with Gasteiger partial charge >= 0.3 is 12.6 Å². The number of carbonyl (C=O) groups is 1. The highest BCUT2D eigenvalue weighted by molar-refractivity contribution is 6.35. The molecule has 1 saturated carbocycles. The molecule has 1 aliphatic rings. The number of halogens is 4. The van der Waals surface area contributed by atoms with E-state index in [0.717, 1.165) is 18.4 Å². The van der Waals surface area contributed by atoms with Gasteiger partial charge in [0.05, 0.1) is 16.7 Å². The van der Waals surface area contributed by atoms with Crippen molar-refractivity contribution in [3.8, 4) is 11.5 Å². The second kappa shape index (κ2) is 13.1. The third kappa shape index (κ3) is 8.04. The predicted molar refractivity (Wildman–Crippen MR) is 137 cm³/mol. The molecule has 1 aromatic heterocycles. The van der Waals surface area contributed by atoms with Gasteiger partial charge in [0, 0.05) is 30.8 Å². The van der Waals surface area contributed by atoms with Gasteiger partial charge in [0.15, 0.2) is 11.5 Å². The quantitative estimate of drug-likeness (QED) is 0.205. The minimum Gasteiger partial charge on any atom is -0.489 e. The van der Waals surface area contributed by atoms with Crippen LogP contribution in [0, 0.1) is 5.92 Å². The number of esters is 1. The van der Waals surface area contributed by atoms with Crippen molar-refractivity contribution in [2.24, 2.45) is 5.92 Å². The van der Waals surface area contributed by atoms with E-state index in [1.165, 1.54) is 12.4 Å². The summed E-state index contributed by atoms with van der Waals surface area (Å²) in [5, 5.41) is 0.546. The molecule has 1 aliphatic carbocycles. The summed E-state index contributed by atoms with van der Waals surface area (Å²) in [5.41, 5.74) is 1.83. The number of pyridine rings is 1. The lowest BCUT2D eigenvalue weighted by Gasteiger charge is -2.23. The highest BCUT2D eigenvalue weighted by atomic mass is 35.5. The number of para-hydroxylation sites is 1. The molecule has 0 radical (unpaired) electrons. The molecule has 37 heavy (non-hydrogen) atoms. The number of hydrogen-bond donors (Lipinski definition) is 0. The Balaban J connectivity index is 1.58. The smallest absolute Gasteiger partial charge is 0.387 e. The van der Waals surface area contributed by atoms with Gasteiger partial charge in [0.2, 0.25) is 0 Å². The molecule has 196 valence electrons. The van der Waals surface area contributed by atoms with E-state index in [0.29, 0.717) is 30.9 Å². The molecule has 0 saturated heterocycles. The lowest BCUT2D eigenvalue weighted by atomic mass is 10.00. The fourth-order valence-corrected chi connectivity index (χ4v) is 4.46. The van der Waals surface area contributed by atoms with Crippen LogP contribution in [0.15, 0.2) is 60.9 Å². The van der Waals surface area contributed by atoms with Gasteiger partial charge in [-0.15, -0.1) is 0 Å². The Hall–Kier alpha value is -2.90. The molecule has 1 unspecified atom stereocenters. The summed E-state index contributed by atoms with van der Waals surface area (Å²) >= 11 is 12.7. The van der Waals surface area contributed by atoms with Crippen molar-refractivity contribution in [3.05, 3.63) is 87.7 Å². The van der Waals surface area contributed by atoms with E-state index in [1.54, 1.807) is 18.2 Å². The number of alkyl halides is 2. The topological polar surface area (TPSA) is 57.7 Å². The lowest BCUT2D eigenvalue weighted by Crippen LogP contribution is -2.17. The Morgan fingerprint density at radius 1 is 1.03 bits per heavy atom. The molecule has 0 bridgehead atoms. The fourth-order valence-electron chi connectivity index (χ4n) is 3.94. The van der Waals surface area contributed by atoms with Crippen molar-refractivity contribution in [2.75, 3.05) is 6.61 Å². The molecule has 0 N–H and O–H groups in total. The van der Waals surface area contributed by atoms with Gasteiger partial charge < -0.3 is 14.2 Å². The van der Waals surface area contributed by atoms with Crippen LogP contribution in [-0.2, 0) is 22.4 Å². The monoisotopic (exact) mass is 549 g/mol. The Labute approximate surface area is 224 Å². The molecule has 9 heteroatoms. The van der Waals surface area contributed by atoms with Crippen molar-refractivity contribution in [2.45, 2.75) is 51.2 Å². The van der Waals surface area contributed by atoms with Gasteiger partial charge in [-0.1, -0.05) is 65.7 Å². The summed E-state index contributed by atoms with van der Waals surface area (Å²) in [6, 6.07) is 14.6. The average molecular weight is 550 g/mol. The number of aromatic nitrogens is 1. The van der Waals surface area contributed by atoms with E-state index in [4.69, 9.17) is 37.4 Å². The summed E-state index contributed by atoms with van der Waals surface area (Å²) in [6.45, 7) is -2.70.